The van der Waals surface area contributed by atoms with Crippen LogP contribution < -0.4 is 5.32 Å². The SMILES string of the molecule is C=C(N/C=C\C)C(C)CCCC. The first-order chi connectivity index (χ1) is 5.72. The number of unbranched alkanes of at least 4 members (excludes halogenated alkanes) is 1. The highest BCUT2D eigenvalue weighted by Gasteiger charge is 2.03. The number of rotatable bonds is 6. The van der Waals surface area contributed by atoms with Crippen molar-refractivity contribution in [3.63, 3.8) is 0 Å². The van der Waals surface area contributed by atoms with Crippen LogP contribution in [0.4, 0.5) is 0 Å². The molecule has 1 N–H and O–H groups in total. The van der Waals surface area contributed by atoms with E-state index in [1.807, 2.05) is 19.2 Å². The van der Waals surface area contributed by atoms with Crippen LogP contribution in [0, 0.1) is 5.92 Å². The molecule has 0 amide bonds. The van der Waals surface area contributed by atoms with Gasteiger partial charge in [-0.2, -0.15) is 0 Å². The molecule has 1 unspecified atom stereocenters. The number of allylic oxidation sites excluding steroid dienone is 2. The number of hydrogen-bond donors (Lipinski definition) is 1. The highest BCUT2D eigenvalue weighted by Crippen LogP contribution is 2.13. The Morgan fingerprint density at radius 3 is 2.75 bits per heavy atom. The van der Waals surface area contributed by atoms with Gasteiger partial charge in [-0.25, -0.2) is 0 Å². The van der Waals surface area contributed by atoms with Crippen molar-refractivity contribution in [3.8, 4) is 0 Å². The summed E-state index contributed by atoms with van der Waals surface area (Å²) in [7, 11) is 0. The van der Waals surface area contributed by atoms with E-state index in [2.05, 4.69) is 25.7 Å². The number of nitrogens with one attached hydrogen (secondary N) is 1. The summed E-state index contributed by atoms with van der Waals surface area (Å²) >= 11 is 0. The summed E-state index contributed by atoms with van der Waals surface area (Å²) in [5.41, 5.74) is 1.13. The van der Waals surface area contributed by atoms with Gasteiger partial charge in [-0.15, -0.1) is 0 Å². The molecule has 0 aliphatic heterocycles. The fourth-order valence-electron chi connectivity index (χ4n) is 1.02. The Kier molecular flexibility index (Phi) is 6.54. The highest BCUT2D eigenvalue weighted by atomic mass is 14.8. The molecule has 0 aromatic rings. The molecule has 0 aromatic carbocycles. The smallest absolute Gasteiger partial charge is 0.0102 e. The fraction of sp³-hybridized carbons (Fsp3) is 0.636. The summed E-state index contributed by atoms with van der Waals surface area (Å²) in [6.45, 7) is 10.4. The van der Waals surface area contributed by atoms with Crippen LogP contribution in [0.2, 0.25) is 0 Å². The van der Waals surface area contributed by atoms with Crippen molar-refractivity contribution in [1.82, 2.24) is 5.32 Å². The minimum absolute atomic E-state index is 0.584. The zero-order valence-electron chi connectivity index (χ0n) is 8.56. The monoisotopic (exact) mass is 167 g/mol. The molecule has 0 spiro atoms. The van der Waals surface area contributed by atoms with Crippen LogP contribution in [0.3, 0.4) is 0 Å². The van der Waals surface area contributed by atoms with Gasteiger partial charge < -0.3 is 5.32 Å². The fourth-order valence-corrected chi connectivity index (χ4v) is 1.02. The Hall–Kier alpha value is -0.720. The second-order valence-electron chi connectivity index (χ2n) is 3.21. The van der Waals surface area contributed by atoms with E-state index in [1.165, 1.54) is 19.3 Å². The average Bonchev–Trinajstić information content (AvgIpc) is 2.10. The van der Waals surface area contributed by atoms with Crippen molar-refractivity contribution in [2.75, 3.05) is 0 Å². The van der Waals surface area contributed by atoms with Crippen molar-refractivity contribution in [3.05, 3.63) is 24.6 Å². The van der Waals surface area contributed by atoms with Gasteiger partial charge in [0.15, 0.2) is 0 Å². The van der Waals surface area contributed by atoms with Crippen molar-refractivity contribution in [2.24, 2.45) is 5.92 Å². The van der Waals surface area contributed by atoms with E-state index >= 15 is 0 Å². The Morgan fingerprint density at radius 2 is 2.25 bits per heavy atom. The van der Waals surface area contributed by atoms with Gasteiger partial charge in [0.05, 0.1) is 0 Å². The van der Waals surface area contributed by atoms with E-state index < -0.39 is 0 Å². The molecule has 0 heterocycles. The van der Waals surface area contributed by atoms with Gasteiger partial charge in [-0.1, -0.05) is 39.3 Å². The van der Waals surface area contributed by atoms with E-state index in [0.29, 0.717) is 5.92 Å². The van der Waals surface area contributed by atoms with Crippen LogP contribution in [-0.2, 0) is 0 Å². The first-order valence-corrected chi connectivity index (χ1v) is 4.78. The predicted molar refractivity (Wildman–Crippen MR) is 55.8 cm³/mol. The summed E-state index contributed by atoms with van der Waals surface area (Å²) in [6, 6.07) is 0. The maximum atomic E-state index is 3.98. The molecule has 0 fully saturated rings. The molecule has 1 heteroatoms. The summed E-state index contributed by atoms with van der Waals surface area (Å²) in [5, 5.41) is 3.17. The van der Waals surface area contributed by atoms with E-state index in [1.54, 1.807) is 0 Å². The van der Waals surface area contributed by atoms with Crippen molar-refractivity contribution in [1.29, 1.82) is 0 Å². The lowest BCUT2D eigenvalue weighted by Gasteiger charge is -2.13. The van der Waals surface area contributed by atoms with Crippen molar-refractivity contribution >= 4 is 0 Å². The zero-order chi connectivity index (χ0) is 9.40. The average molecular weight is 167 g/mol. The Balaban J connectivity index is 3.61. The maximum absolute atomic E-state index is 3.98. The molecule has 0 rings (SSSR count). The summed E-state index contributed by atoms with van der Waals surface area (Å²) in [5.74, 6) is 0.584. The van der Waals surface area contributed by atoms with E-state index in [-0.39, 0.29) is 0 Å². The molecule has 70 valence electrons. The summed E-state index contributed by atoms with van der Waals surface area (Å²) in [6.07, 6.45) is 7.71. The lowest BCUT2D eigenvalue weighted by Crippen LogP contribution is -2.11. The van der Waals surface area contributed by atoms with E-state index in [0.717, 1.165) is 5.70 Å². The molecule has 0 aliphatic rings. The lowest BCUT2D eigenvalue weighted by atomic mass is 10.0. The van der Waals surface area contributed by atoms with E-state index in [4.69, 9.17) is 0 Å². The molecular formula is C11H21N. The molecule has 0 aliphatic carbocycles. The van der Waals surface area contributed by atoms with Crippen molar-refractivity contribution in [2.45, 2.75) is 40.0 Å². The molecule has 12 heavy (non-hydrogen) atoms. The van der Waals surface area contributed by atoms with Gasteiger partial charge in [-0.05, 0) is 25.5 Å². The van der Waals surface area contributed by atoms with Gasteiger partial charge >= 0.3 is 0 Å². The second-order valence-corrected chi connectivity index (χ2v) is 3.21. The van der Waals surface area contributed by atoms with Crippen LogP contribution in [0.25, 0.3) is 0 Å². The van der Waals surface area contributed by atoms with Gasteiger partial charge in [0.2, 0.25) is 0 Å². The molecule has 1 nitrogen and oxygen atoms in total. The van der Waals surface area contributed by atoms with Gasteiger partial charge in [0.25, 0.3) is 0 Å². The quantitative estimate of drug-likeness (QED) is 0.639. The summed E-state index contributed by atoms with van der Waals surface area (Å²) < 4.78 is 0. The third-order valence-electron chi connectivity index (χ3n) is 2.02. The largest absolute Gasteiger partial charge is 0.366 e. The first-order valence-electron chi connectivity index (χ1n) is 4.78. The number of hydrogen-bond acceptors (Lipinski definition) is 1. The van der Waals surface area contributed by atoms with Crippen LogP contribution in [0.5, 0.6) is 0 Å². The normalized spacial score (nSPS) is 13.2. The highest BCUT2D eigenvalue weighted by molar-refractivity contribution is 5.00. The molecule has 0 bridgehead atoms. The van der Waals surface area contributed by atoms with Gasteiger partial charge in [-0.3, -0.25) is 0 Å². The zero-order valence-corrected chi connectivity index (χ0v) is 8.56. The van der Waals surface area contributed by atoms with Crippen LogP contribution in [-0.4, -0.2) is 0 Å². The molecule has 0 saturated carbocycles. The summed E-state index contributed by atoms with van der Waals surface area (Å²) in [4.78, 5) is 0. The van der Waals surface area contributed by atoms with Crippen LogP contribution in [0.1, 0.15) is 40.0 Å². The molecular weight excluding hydrogens is 146 g/mol. The molecule has 0 radical (unpaired) electrons. The first kappa shape index (κ1) is 11.3. The maximum Gasteiger partial charge on any atom is 0.0102 e. The van der Waals surface area contributed by atoms with Crippen molar-refractivity contribution < 1.29 is 0 Å². The Bertz CT molecular complexity index is 147. The predicted octanol–water partition coefficient (Wildman–Crippen LogP) is 3.45. The topological polar surface area (TPSA) is 12.0 Å². The standard InChI is InChI=1S/C11H21N/c1-5-7-8-10(3)11(4)12-9-6-2/h6,9-10,12H,4-5,7-8H2,1-3H3/b9-6-. The second kappa shape index (κ2) is 6.96. The Morgan fingerprint density at radius 1 is 1.58 bits per heavy atom. The molecule has 1 atom stereocenters. The third kappa shape index (κ3) is 5.00. The minimum atomic E-state index is 0.584. The van der Waals surface area contributed by atoms with Crippen LogP contribution in [0.15, 0.2) is 24.6 Å². The van der Waals surface area contributed by atoms with E-state index in [9.17, 15) is 0 Å². The lowest BCUT2D eigenvalue weighted by molar-refractivity contribution is 0.554. The Labute approximate surface area is 76.6 Å². The van der Waals surface area contributed by atoms with Gasteiger partial charge in [0, 0.05) is 5.70 Å². The van der Waals surface area contributed by atoms with Gasteiger partial charge in [0.1, 0.15) is 0 Å². The molecule has 0 saturated heterocycles. The van der Waals surface area contributed by atoms with Crippen LogP contribution >= 0.6 is 0 Å². The third-order valence-corrected chi connectivity index (χ3v) is 2.02. The minimum Gasteiger partial charge on any atom is -0.366 e. The molecule has 0 aromatic heterocycles.